The molecule has 0 unspecified atom stereocenters. The molecule has 0 aromatic heterocycles. The van der Waals surface area contributed by atoms with Crippen molar-refractivity contribution in [3.63, 3.8) is 0 Å². The first-order valence-electron chi connectivity index (χ1n) is 14.9. The maximum atomic E-state index is 14.2. The Kier molecular flexibility index (Phi) is 12.3. The Morgan fingerprint density at radius 1 is 0.620 bits per heavy atom. The maximum absolute atomic E-state index is 14.2. The number of sulfonamides is 1. The van der Waals surface area contributed by atoms with Crippen LogP contribution >= 0.6 is 58.0 Å². The summed E-state index contributed by atoms with van der Waals surface area (Å²) in [5.74, 6) is -2.02. The van der Waals surface area contributed by atoms with Gasteiger partial charge in [-0.2, -0.15) is 4.31 Å². The van der Waals surface area contributed by atoms with Crippen LogP contribution in [0.15, 0.2) is 102 Å². The van der Waals surface area contributed by atoms with E-state index < -0.39 is 38.2 Å². The van der Waals surface area contributed by atoms with Crippen LogP contribution in [-0.4, -0.2) is 35.2 Å². The van der Waals surface area contributed by atoms with E-state index in [1.54, 1.807) is 30.3 Å². The van der Waals surface area contributed by atoms with E-state index in [-0.39, 0.29) is 53.2 Å². The van der Waals surface area contributed by atoms with Crippen LogP contribution in [0.2, 0.25) is 25.1 Å². The van der Waals surface area contributed by atoms with Crippen LogP contribution in [0.1, 0.15) is 32.6 Å². The summed E-state index contributed by atoms with van der Waals surface area (Å²) in [5, 5.41) is 11.3. The van der Waals surface area contributed by atoms with E-state index >= 15 is 0 Å². The molecule has 0 heterocycles. The Labute approximate surface area is 313 Å². The lowest BCUT2D eigenvalue weighted by atomic mass is 10.1. The highest BCUT2D eigenvalue weighted by molar-refractivity contribution is 7.89. The Bertz CT molecular complexity index is 2120. The fourth-order valence-electron chi connectivity index (χ4n) is 5.25. The molecule has 0 aliphatic heterocycles. The minimum absolute atomic E-state index is 0.0114. The molecule has 0 aliphatic rings. The smallest absolute Gasteiger partial charge is 0.254 e. The van der Waals surface area contributed by atoms with Crippen molar-refractivity contribution in [3.8, 4) is 5.75 Å². The molecule has 0 radical (unpaired) electrons. The summed E-state index contributed by atoms with van der Waals surface area (Å²) in [5.41, 5.74) is 2.43. The van der Waals surface area contributed by atoms with E-state index in [0.717, 1.165) is 10.4 Å². The normalized spacial score (nSPS) is 11.6. The van der Waals surface area contributed by atoms with Gasteiger partial charge in [0.05, 0.1) is 5.02 Å². The van der Waals surface area contributed by atoms with Crippen molar-refractivity contribution in [2.45, 2.75) is 31.0 Å². The molecule has 1 amide bonds. The van der Waals surface area contributed by atoms with Crippen LogP contribution in [0.5, 0.6) is 5.75 Å². The average molecular weight is 799 g/mol. The van der Waals surface area contributed by atoms with Gasteiger partial charge in [0.1, 0.15) is 16.5 Å². The monoisotopic (exact) mass is 796 g/mol. The number of hydrogen-bond donors (Lipinski definition) is 1. The zero-order valence-corrected chi connectivity index (χ0v) is 30.5. The van der Waals surface area contributed by atoms with E-state index in [1.807, 2.05) is 0 Å². The van der Waals surface area contributed by atoms with Crippen LogP contribution in [0.4, 0.5) is 8.78 Å². The highest BCUT2D eigenvalue weighted by Crippen LogP contribution is 2.36. The molecular formula is C36H27Cl5F2N2O4S. The van der Waals surface area contributed by atoms with Crippen molar-refractivity contribution >= 4 is 73.9 Å². The van der Waals surface area contributed by atoms with Crippen LogP contribution in [0.3, 0.4) is 0 Å². The molecule has 5 aromatic rings. The molecule has 1 N–H and O–H groups in total. The third kappa shape index (κ3) is 9.67. The first-order chi connectivity index (χ1) is 23.7. The van der Waals surface area contributed by atoms with Gasteiger partial charge in [-0.1, -0.05) is 82.3 Å². The maximum Gasteiger partial charge on any atom is 0.254 e. The summed E-state index contributed by atoms with van der Waals surface area (Å²) in [6.07, 6.45) is 0.175. The largest absolute Gasteiger partial charge is 0.505 e. The van der Waals surface area contributed by atoms with Crippen LogP contribution in [-0.2, 0) is 36.1 Å². The number of hydrogen-bond acceptors (Lipinski definition) is 4. The fraction of sp³-hybridized carbons (Fsp3) is 0.139. The number of benzene rings is 5. The summed E-state index contributed by atoms with van der Waals surface area (Å²) in [6, 6.07) is 23.0. The van der Waals surface area contributed by atoms with Gasteiger partial charge < -0.3 is 10.0 Å². The molecule has 0 bridgehead atoms. The summed E-state index contributed by atoms with van der Waals surface area (Å²) in [4.78, 5) is 15.1. The van der Waals surface area contributed by atoms with Crippen molar-refractivity contribution in [3.05, 3.63) is 162 Å². The summed E-state index contributed by atoms with van der Waals surface area (Å²) in [7, 11) is -4.46. The number of carbonyl (C=O) groups is 1. The van der Waals surface area contributed by atoms with Crippen LogP contribution < -0.4 is 0 Å². The van der Waals surface area contributed by atoms with E-state index in [9.17, 15) is 27.1 Å². The SMILES string of the molecule is O=C(c1cc(Cl)cc(CN(CCc2ccc(F)cc2)S(=O)(=O)c2cc(Cl)cc(Cl)c2O)c1)N(Cc1ccc(F)cc1)Cc1cc(Cl)cc(Cl)c1. The number of aromatic hydroxyl groups is 1. The average Bonchev–Trinajstić information content (AvgIpc) is 3.05. The number of nitrogens with zero attached hydrogens (tertiary/aromatic N) is 2. The van der Waals surface area contributed by atoms with Crippen LogP contribution in [0.25, 0.3) is 0 Å². The minimum Gasteiger partial charge on any atom is -0.505 e. The Morgan fingerprint density at radius 3 is 1.72 bits per heavy atom. The van der Waals surface area contributed by atoms with Gasteiger partial charge in [0.25, 0.3) is 5.91 Å². The first kappa shape index (κ1) is 37.8. The number of halogens is 7. The zero-order valence-electron chi connectivity index (χ0n) is 25.9. The number of phenols is 1. The highest BCUT2D eigenvalue weighted by atomic mass is 35.5. The Balaban J connectivity index is 1.51. The van der Waals surface area contributed by atoms with Gasteiger partial charge in [0.15, 0.2) is 5.75 Å². The minimum atomic E-state index is -4.46. The Morgan fingerprint density at radius 2 is 1.12 bits per heavy atom. The predicted octanol–water partition coefficient (Wildman–Crippen LogP) is 10.2. The third-order valence-corrected chi connectivity index (χ3v) is 10.6. The Hall–Kier alpha value is -3.41. The summed E-state index contributed by atoms with van der Waals surface area (Å²) in [6.45, 7) is -0.237. The van der Waals surface area contributed by atoms with Gasteiger partial charge >= 0.3 is 0 Å². The second-order valence-corrected chi connectivity index (χ2v) is 15.4. The molecule has 260 valence electrons. The molecule has 6 nitrogen and oxygen atoms in total. The van der Waals surface area contributed by atoms with Crippen molar-refractivity contribution in [1.29, 1.82) is 0 Å². The number of phenolic OH excluding ortho intramolecular Hbond substituents is 1. The van der Waals surface area contributed by atoms with Crippen LogP contribution in [0, 0.1) is 11.6 Å². The van der Waals surface area contributed by atoms with E-state index in [2.05, 4.69) is 0 Å². The second-order valence-electron chi connectivity index (χ2n) is 11.4. The van der Waals surface area contributed by atoms with Crippen molar-refractivity contribution in [1.82, 2.24) is 9.21 Å². The lowest BCUT2D eigenvalue weighted by Crippen LogP contribution is -2.33. The molecule has 0 fully saturated rings. The highest BCUT2D eigenvalue weighted by Gasteiger charge is 2.30. The second kappa shape index (κ2) is 16.3. The standard InChI is InChI=1S/C36H27Cl5F2N2O4S/c37-27-12-24(21-45(10-9-22-1-5-31(42)6-2-22)50(48,49)34-18-30(40)17-33(41)35(34)46)11-26(15-27)36(47)44(19-23-3-7-32(43)8-4-23)20-25-13-28(38)16-29(39)14-25/h1-8,11-18,46H,9-10,19-21H2. The number of amides is 1. The fourth-order valence-corrected chi connectivity index (χ4v) is 8.25. The predicted molar refractivity (Wildman–Crippen MR) is 194 cm³/mol. The van der Waals surface area contributed by atoms with Gasteiger partial charge in [0.2, 0.25) is 10.0 Å². The van der Waals surface area contributed by atoms with Crippen molar-refractivity contribution < 1.29 is 27.1 Å². The molecular weight excluding hydrogens is 772 g/mol. The number of rotatable bonds is 12. The lowest BCUT2D eigenvalue weighted by molar-refractivity contribution is 0.0730. The molecule has 0 saturated heterocycles. The van der Waals surface area contributed by atoms with E-state index in [4.69, 9.17) is 58.0 Å². The molecule has 5 aromatic carbocycles. The quantitative estimate of drug-likeness (QED) is 0.136. The number of carbonyl (C=O) groups excluding carboxylic acids is 1. The van der Waals surface area contributed by atoms with Gasteiger partial charge in [-0.05, 0) is 101 Å². The van der Waals surface area contributed by atoms with E-state index in [0.29, 0.717) is 32.3 Å². The summed E-state index contributed by atoms with van der Waals surface area (Å²) >= 11 is 31.2. The van der Waals surface area contributed by atoms with Gasteiger partial charge in [-0.25, -0.2) is 17.2 Å². The molecule has 0 atom stereocenters. The molecule has 14 heteroatoms. The molecule has 0 saturated carbocycles. The van der Waals surface area contributed by atoms with E-state index in [1.165, 1.54) is 65.6 Å². The lowest BCUT2D eigenvalue weighted by Gasteiger charge is -2.25. The van der Waals surface area contributed by atoms with Crippen molar-refractivity contribution in [2.75, 3.05) is 6.54 Å². The molecule has 0 aliphatic carbocycles. The van der Waals surface area contributed by atoms with Gasteiger partial charge in [-0.15, -0.1) is 0 Å². The van der Waals surface area contributed by atoms with Gasteiger partial charge in [-0.3, -0.25) is 4.79 Å². The third-order valence-electron chi connectivity index (χ3n) is 7.61. The summed E-state index contributed by atoms with van der Waals surface area (Å²) < 4.78 is 56.5. The van der Waals surface area contributed by atoms with Gasteiger partial charge in [0, 0.05) is 51.8 Å². The van der Waals surface area contributed by atoms with Crippen molar-refractivity contribution in [2.24, 2.45) is 0 Å². The molecule has 0 spiro atoms. The zero-order chi connectivity index (χ0) is 36.2. The first-order valence-corrected chi connectivity index (χ1v) is 18.2. The molecule has 5 rings (SSSR count). The molecule has 50 heavy (non-hydrogen) atoms. The topological polar surface area (TPSA) is 77.9 Å².